The number of aromatic nitrogens is 1. The molecule has 2 heterocycles. The van der Waals surface area contributed by atoms with Gasteiger partial charge in [-0.15, -0.1) is 0 Å². The van der Waals surface area contributed by atoms with E-state index in [1.54, 1.807) is 19.1 Å². The van der Waals surface area contributed by atoms with Crippen molar-refractivity contribution in [2.45, 2.75) is 37.7 Å². The molecule has 0 N–H and O–H groups in total. The number of nitrogens with zero attached hydrogens (tertiary/aromatic N) is 2. The van der Waals surface area contributed by atoms with Gasteiger partial charge in [0.05, 0.1) is 16.2 Å². The number of hydrogen-bond donors (Lipinski definition) is 0. The van der Waals surface area contributed by atoms with Gasteiger partial charge in [-0.2, -0.15) is 4.31 Å². The molecule has 0 aliphatic carbocycles. The molecule has 0 radical (unpaired) electrons. The number of piperidine rings is 1. The van der Waals surface area contributed by atoms with Crippen LogP contribution in [0.15, 0.2) is 39.8 Å². The third kappa shape index (κ3) is 4.08. The highest BCUT2D eigenvalue weighted by Crippen LogP contribution is 2.21. The number of hydrogen-bond acceptors (Lipinski definition) is 6. The van der Waals surface area contributed by atoms with E-state index in [2.05, 4.69) is 5.16 Å². The van der Waals surface area contributed by atoms with E-state index in [0.717, 1.165) is 19.3 Å². The Kier molecular flexibility index (Phi) is 5.19. The Balaban J connectivity index is 1.73. The molecule has 3 rings (SSSR count). The van der Waals surface area contributed by atoms with Crippen molar-refractivity contribution < 1.29 is 22.5 Å². The molecule has 1 aliphatic rings. The summed E-state index contributed by atoms with van der Waals surface area (Å²) >= 11 is 0. The average molecular weight is 364 g/mol. The Morgan fingerprint density at radius 1 is 1.24 bits per heavy atom. The van der Waals surface area contributed by atoms with Crippen molar-refractivity contribution in [2.75, 3.05) is 13.1 Å². The average Bonchev–Trinajstić information content (AvgIpc) is 3.06. The minimum atomic E-state index is -3.58. The Hall–Kier alpha value is -2.19. The summed E-state index contributed by atoms with van der Waals surface area (Å²) in [7, 11) is -3.58. The van der Waals surface area contributed by atoms with Crippen LogP contribution in [0.5, 0.6) is 0 Å². The van der Waals surface area contributed by atoms with E-state index in [9.17, 15) is 13.2 Å². The predicted octanol–water partition coefficient (Wildman–Crippen LogP) is 2.51. The van der Waals surface area contributed by atoms with Gasteiger partial charge in [0.2, 0.25) is 10.0 Å². The van der Waals surface area contributed by atoms with Crippen LogP contribution in [0.25, 0.3) is 0 Å². The smallest absolute Gasteiger partial charge is 0.338 e. The van der Waals surface area contributed by atoms with Gasteiger partial charge in [0.1, 0.15) is 0 Å². The predicted molar refractivity (Wildman–Crippen MR) is 89.4 cm³/mol. The second-order valence-corrected chi connectivity index (χ2v) is 7.94. The maximum absolute atomic E-state index is 12.7. The van der Waals surface area contributed by atoms with Gasteiger partial charge in [-0.3, -0.25) is 0 Å². The van der Waals surface area contributed by atoms with Crippen molar-refractivity contribution >= 4 is 16.0 Å². The molecule has 1 aliphatic heterocycles. The number of ether oxygens (including phenoxy) is 1. The molecular weight excluding hydrogens is 344 g/mol. The van der Waals surface area contributed by atoms with Crippen LogP contribution in [0.1, 0.15) is 41.1 Å². The normalized spacial score (nSPS) is 15.9. The Morgan fingerprint density at radius 2 is 2.00 bits per heavy atom. The van der Waals surface area contributed by atoms with E-state index in [4.69, 9.17) is 9.26 Å². The van der Waals surface area contributed by atoms with Gasteiger partial charge in [0.25, 0.3) is 0 Å². The fourth-order valence-corrected chi connectivity index (χ4v) is 4.31. The lowest BCUT2D eigenvalue weighted by Gasteiger charge is -2.25. The van der Waals surface area contributed by atoms with E-state index in [-0.39, 0.29) is 17.1 Å². The maximum Gasteiger partial charge on any atom is 0.338 e. The highest BCUT2D eigenvalue weighted by Gasteiger charge is 2.26. The maximum atomic E-state index is 12.7. The first-order valence-corrected chi connectivity index (χ1v) is 9.60. The number of sulfonamides is 1. The fraction of sp³-hybridized carbons (Fsp3) is 0.412. The van der Waals surface area contributed by atoms with Crippen LogP contribution in [-0.4, -0.2) is 36.9 Å². The quantitative estimate of drug-likeness (QED) is 0.757. The summed E-state index contributed by atoms with van der Waals surface area (Å²) in [6.07, 6.45) is 2.76. The van der Waals surface area contributed by atoms with Crippen molar-refractivity contribution in [2.24, 2.45) is 0 Å². The van der Waals surface area contributed by atoms with E-state index in [0.29, 0.717) is 24.5 Å². The van der Waals surface area contributed by atoms with Crippen molar-refractivity contribution in [3.8, 4) is 0 Å². The molecule has 8 heteroatoms. The van der Waals surface area contributed by atoms with Gasteiger partial charge in [-0.25, -0.2) is 13.2 Å². The van der Waals surface area contributed by atoms with Gasteiger partial charge in [0.15, 0.2) is 12.4 Å². The number of esters is 1. The molecular formula is C17H20N2O5S. The minimum Gasteiger partial charge on any atom is -0.454 e. The lowest BCUT2D eigenvalue weighted by Crippen LogP contribution is -2.35. The number of benzene rings is 1. The molecule has 1 aromatic carbocycles. The van der Waals surface area contributed by atoms with Gasteiger partial charge < -0.3 is 9.26 Å². The molecule has 0 bridgehead atoms. The summed E-state index contributed by atoms with van der Waals surface area (Å²) in [5.41, 5.74) is 0.884. The Labute approximate surface area is 146 Å². The molecule has 0 atom stereocenters. The van der Waals surface area contributed by atoms with Crippen LogP contribution >= 0.6 is 0 Å². The first-order valence-electron chi connectivity index (χ1n) is 8.16. The first-order chi connectivity index (χ1) is 12.0. The SMILES string of the molecule is Cc1cc(COC(=O)c2cccc(S(=O)(=O)N3CCCCC3)c2)on1. The van der Waals surface area contributed by atoms with E-state index >= 15 is 0 Å². The van der Waals surface area contributed by atoms with Crippen LogP contribution in [0, 0.1) is 6.92 Å². The molecule has 1 saturated heterocycles. The summed E-state index contributed by atoms with van der Waals surface area (Å²) in [5, 5.41) is 3.71. The zero-order chi connectivity index (χ0) is 17.9. The molecule has 0 amide bonds. The van der Waals surface area contributed by atoms with Crippen molar-refractivity contribution in [1.82, 2.24) is 9.46 Å². The summed E-state index contributed by atoms with van der Waals surface area (Å²) in [6.45, 7) is 2.75. The van der Waals surface area contributed by atoms with Gasteiger partial charge in [-0.1, -0.05) is 17.6 Å². The van der Waals surface area contributed by atoms with E-state index in [1.807, 2.05) is 0 Å². The zero-order valence-electron chi connectivity index (χ0n) is 14.0. The number of rotatable bonds is 5. The topological polar surface area (TPSA) is 89.7 Å². The van der Waals surface area contributed by atoms with Gasteiger partial charge in [-0.05, 0) is 38.0 Å². The molecule has 1 aromatic heterocycles. The fourth-order valence-electron chi connectivity index (χ4n) is 2.74. The highest BCUT2D eigenvalue weighted by molar-refractivity contribution is 7.89. The van der Waals surface area contributed by atoms with Crippen LogP contribution in [-0.2, 0) is 21.4 Å². The van der Waals surface area contributed by atoms with Crippen LogP contribution in [0.3, 0.4) is 0 Å². The number of carbonyl (C=O) groups excluding carboxylic acids is 1. The van der Waals surface area contributed by atoms with Crippen molar-refractivity contribution in [1.29, 1.82) is 0 Å². The molecule has 25 heavy (non-hydrogen) atoms. The number of carbonyl (C=O) groups is 1. The molecule has 134 valence electrons. The van der Waals surface area contributed by atoms with Crippen molar-refractivity contribution in [3.05, 3.63) is 47.3 Å². The Morgan fingerprint density at radius 3 is 2.68 bits per heavy atom. The standard InChI is InChI=1S/C17H20N2O5S/c1-13-10-15(24-18-13)12-23-17(20)14-6-5-7-16(11-14)25(21,22)19-8-3-2-4-9-19/h5-7,10-11H,2-4,8-9,12H2,1H3. The minimum absolute atomic E-state index is 0.0528. The molecule has 1 fully saturated rings. The summed E-state index contributed by atoms with van der Waals surface area (Å²) < 4.78 is 37.0. The lowest BCUT2D eigenvalue weighted by atomic mass is 10.2. The van der Waals surface area contributed by atoms with Gasteiger partial charge in [0, 0.05) is 19.2 Å². The lowest BCUT2D eigenvalue weighted by molar-refractivity contribution is 0.0437. The van der Waals surface area contributed by atoms with E-state index < -0.39 is 16.0 Å². The molecule has 0 saturated carbocycles. The van der Waals surface area contributed by atoms with E-state index in [1.165, 1.54) is 22.5 Å². The zero-order valence-corrected chi connectivity index (χ0v) is 14.8. The third-order valence-electron chi connectivity index (χ3n) is 4.04. The highest BCUT2D eigenvalue weighted by atomic mass is 32.2. The van der Waals surface area contributed by atoms with Crippen LogP contribution < -0.4 is 0 Å². The summed E-state index contributed by atoms with van der Waals surface area (Å²) in [5.74, 6) is -0.173. The molecule has 0 unspecified atom stereocenters. The summed E-state index contributed by atoms with van der Waals surface area (Å²) in [6, 6.07) is 7.61. The van der Waals surface area contributed by atoms with Crippen LogP contribution in [0.4, 0.5) is 0 Å². The van der Waals surface area contributed by atoms with Crippen molar-refractivity contribution in [3.63, 3.8) is 0 Å². The van der Waals surface area contributed by atoms with Gasteiger partial charge >= 0.3 is 5.97 Å². The monoisotopic (exact) mass is 364 g/mol. The second kappa shape index (κ2) is 7.37. The Bertz CT molecular complexity index is 853. The molecule has 0 spiro atoms. The number of aryl methyl sites for hydroxylation is 1. The summed E-state index contributed by atoms with van der Waals surface area (Å²) in [4.78, 5) is 12.3. The molecule has 7 nitrogen and oxygen atoms in total. The third-order valence-corrected chi connectivity index (χ3v) is 5.94. The molecule has 2 aromatic rings. The second-order valence-electron chi connectivity index (χ2n) is 6.00. The first kappa shape index (κ1) is 17.6. The largest absolute Gasteiger partial charge is 0.454 e. The van der Waals surface area contributed by atoms with Crippen LogP contribution in [0.2, 0.25) is 0 Å².